The lowest BCUT2D eigenvalue weighted by Crippen LogP contribution is -2.12. The van der Waals surface area contributed by atoms with Gasteiger partial charge in [-0.15, -0.1) is 0 Å². The van der Waals surface area contributed by atoms with Crippen LogP contribution in [0.25, 0.3) is 11.5 Å². The Balaban J connectivity index is 2.56. The van der Waals surface area contributed by atoms with Crippen molar-refractivity contribution in [3.8, 4) is 11.5 Å². The molecule has 0 fully saturated rings. The second-order valence-electron chi connectivity index (χ2n) is 3.14. The number of hydrogen-bond acceptors (Lipinski definition) is 5. The molecule has 0 bridgehead atoms. The van der Waals surface area contributed by atoms with E-state index in [2.05, 4.69) is 10.1 Å². The van der Waals surface area contributed by atoms with Crippen LogP contribution in [0.5, 0.6) is 0 Å². The molecule has 17 heavy (non-hydrogen) atoms. The maximum absolute atomic E-state index is 10.8. The summed E-state index contributed by atoms with van der Waals surface area (Å²) in [5, 5.41) is 4.01. The van der Waals surface area contributed by atoms with Crippen molar-refractivity contribution in [3.63, 3.8) is 0 Å². The number of anilines is 1. The zero-order chi connectivity index (χ0) is 12.6. The number of nitrogens with zero attached hydrogens (tertiary/aromatic N) is 2. The minimum atomic E-state index is -0.799. The minimum absolute atomic E-state index is 0.0284. The average molecular weight is 273 g/mol. The second kappa shape index (κ2) is 4.23. The molecule has 0 unspecified atom stereocenters. The van der Waals surface area contributed by atoms with Crippen molar-refractivity contribution in [1.29, 1.82) is 0 Å². The molecule has 0 aliphatic carbocycles. The molecule has 1 amide bonds. The van der Waals surface area contributed by atoms with Crippen LogP contribution in [0.2, 0.25) is 10.0 Å². The molecule has 6 nitrogen and oxygen atoms in total. The van der Waals surface area contributed by atoms with Crippen molar-refractivity contribution in [2.45, 2.75) is 0 Å². The summed E-state index contributed by atoms with van der Waals surface area (Å²) in [5.74, 6) is -1.01. The van der Waals surface area contributed by atoms with Crippen LogP contribution in [0.4, 0.5) is 5.69 Å². The third kappa shape index (κ3) is 2.17. The Bertz CT molecular complexity index is 597. The quantitative estimate of drug-likeness (QED) is 0.810. The van der Waals surface area contributed by atoms with Crippen LogP contribution in [0.3, 0.4) is 0 Å². The first-order valence-electron chi connectivity index (χ1n) is 4.37. The Labute approximate surface area is 105 Å². The number of aromatic nitrogens is 2. The van der Waals surface area contributed by atoms with Crippen LogP contribution in [0, 0.1) is 0 Å². The van der Waals surface area contributed by atoms with Gasteiger partial charge < -0.3 is 16.0 Å². The Morgan fingerprint density at radius 3 is 2.65 bits per heavy atom. The van der Waals surface area contributed by atoms with E-state index >= 15 is 0 Å². The molecule has 0 spiro atoms. The first-order valence-corrected chi connectivity index (χ1v) is 5.13. The maximum Gasteiger partial charge on any atom is 0.290 e. The van der Waals surface area contributed by atoms with E-state index in [1.807, 2.05) is 0 Å². The van der Waals surface area contributed by atoms with Gasteiger partial charge in [0.05, 0.1) is 16.3 Å². The molecule has 2 rings (SSSR count). The second-order valence-corrected chi connectivity index (χ2v) is 3.98. The number of nitrogen functional groups attached to an aromatic ring is 1. The number of carbonyl (C=O) groups excluding carboxylic acids is 1. The molecule has 0 aliphatic rings. The summed E-state index contributed by atoms with van der Waals surface area (Å²) >= 11 is 11.7. The molecule has 1 heterocycles. The van der Waals surface area contributed by atoms with Crippen molar-refractivity contribution >= 4 is 34.8 Å². The summed E-state index contributed by atoms with van der Waals surface area (Å²) in [5.41, 5.74) is 11.3. The predicted octanol–water partition coefficient (Wildman–Crippen LogP) is 1.72. The van der Waals surface area contributed by atoms with Crippen molar-refractivity contribution in [1.82, 2.24) is 10.1 Å². The lowest BCUT2D eigenvalue weighted by Gasteiger charge is -2.03. The molecule has 8 heteroatoms. The molecule has 0 saturated heterocycles. The van der Waals surface area contributed by atoms with Gasteiger partial charge in [-0.25, -0.2) is 0 Å². The van der Waals surface area contributed by atoms with Crippen LogP contribution < -0.4 is 11.5 Å². The SMILES string of the molecule is NC(=O)c1noc(-c2cc(Cl)cc(Cl)c2N)n1. The van der Waals surface area contributed by atoms with Gasteiger partial charge in [-0.05, 0) is 12.1 Å². The molecule has 1 aromatic heterocycles. The van der Waals surface area contributed by atoms with Gasteiger partial charge in [-0.3, -0.25) is 4.79 Å². The molecule has 88 valence electrons. The highest BCUT2D eigenvalue weighted by Gasteiger charge is 2.17. The van der Waals surface area contributed by atoms with Crippen LogP contribution in [0.15, 0.2) is 16.7 Å². The Morgan fingerprint density at radius 2 is 2.06 bits per heavy atom. The van der Waals surface area contributed by atoms with E-state index in [1.54, 1.807) is 0 Å². The third-order valence-corrected chi connectivity index (χ3v) is 2.50. The first kappa shape index (κ1) is 11.7. The number of hydrogen-bond donors (Lipinski definition) is 2. The third-order valence-electron chi connectivity index (χ3n) is 1.97. The number of benzene rings is 1. The summed E-state index contributed by atoms with van der Waals surface area (Å²) in [7, 11) is 0. The Morgan fingerprint density at radius 1 is 1.35 bits per heavy atom. The molecular formula is C9H6Cl2N4O2. The highest BCUT2D eigenvalue weighted by molar-refractivity contribution is 6.37. The largest absolute Gasteiger partial charge is 0.397 e. The lowest BCUT2D eigenvalue weighted by molar-refractivity contribution is 0.0987. The van der Waals surface area contributed by atoms with Crippen molar-refractivity contribution in [3.05, 3.63) is 28.0 Å². The van der Waals surface area contributed by atoms with Crippen molar-refractivity contribution in [2.24, 2.45) is 5.73 Å². The van der Waals surface area contributed by atoms with E-state index in [0.29, 0.717) is 10.6 Å². The van der Waals surface area contributed by atoms with Crippen LogP contribution in [-0.4, -0.2) is 16.0 Å². The van der Waals surface area contributed by atoms with E-state index in [4.69, 9.17) is 39.2 Å². The fourth-order valence-electron chi connectivity index (χ4n) is 1.19. The molecule has 4 N–H and O–H groups in total. The van der Waals surface area contributed by atoms with Crippen molar-refractivity contribution < 1.29 is 9.32 Å². The van der Waals surface area contributed by atoms with Gasteiger partial charge >= 0.3 is 0 Å². The molecule has 0 aliphatic heterocycles. The van der Waals surface area contributed by atoms with Crippen molar-refractivity contribution in [2.75, 3.05) is 5.73 Å². The normalized spacial score (nSPS) is 10.5. The van der Waals surface area contributed by atoms with Gasteiger partial charge in [-0.1, -0.05) is 28.4 Å². The van der Waals surface area contributed by atoms with Gasteiger partial charge in [0, 0.05) is 5.02 Å². The summed E-state index contributed by atoms with van der Waals surface area (Å²) in [6.07, 6.45) is 0. The van der Waals surface area contributed by atoms with Crippen LogP contribution in [-0.2, 0) is 0 Å². The standard InChI is InChI=1S/C9H6Cl2N4O2/c10-3-1-4(6(12)5(11)2-3)9-14-8(7(13)16)15-17-9/h1-2H,12H2,(H2,13,16). The van der Waals surface area contributed by atoms with E-state index in [9.17, 15) is 4.79 Å². The number of primary amides is 1. The maximum atomic E-state index is 10.8. The average Bonchev–Trinajstić information content (AvgIpc) is 2.72. The van der Waals surface area contributed by atoms with Gasteiger partial charge in [0.1, 0.15) is 0 Å². The predicted molar refractivity (Wildman–Crippen MR) is 62.7 cm³/mol. The Kier molecular flexibility index (Phi) is 2.91. The van der Waals surface area contributed by atoms with E-state index in [-0.39, 0.29) is 22.4 Å². The van der Waals surface area contributed by atoms with Gasteiger partial charge in [-0.2, -0.15) is 4.98 Å². The molecule has 0 radical (unpaired) electrons. The summed E-state index contributed by atoms with van der Waals surface area (Å²) in [6, 6.07) is 2.98. The van der Waals surface area contributed by atoms with E-state index in [1.165, 1.54) is 12.1 Å². The van der Waals surface area contributed by atoms with Crippen LogP contribution >= 0.6 is 23.2 Å². The summed E-state index contributed by atoms with van der Waals surface area (Å²) < 4.78 is 4.84. The Hall–Kier alpha value is -1.79. The number of amides is 1. The molecule has 0 atom stereocenters. The fraction of sp³-hybridized carbons (Fsp3) is 0. The molecule has 0 saturated carbocycles. The fourth-order valence-corrected chi connectivity index (χ4v) is 1.69. The van der Waals surface area contributed by atoms with Crippen LogP contribution in [0.1, 0.15) is 10.6 Å². The minimum Gasteiger partial charge on any atom is -0.397 e. The van der Waals surface area contributed by atoms with E-state index < -0.39 is 5.91 Å². The number of halogens is 2. The smallest absolute Gasteiger partial charge is 0.290 e. The van der Waals surface area contributed by atoms with E-state index in [0.717, 1.165) is 0 Å². The summed E-state index contributed by atoms with van der Waals surface area (Å²) in [6.45, 7) is 0. The van der Waals surface area contributed by atoms with Gasteiger partial charge in [0.2, 0.25) is 0 Å². The monoisotopic (exact) mass is 272 g/mol. The lowest BCUT2D eigenvalue weighted by atomic mass is 10.2. The zero-order valence-electron chi connectivity index (χ0n) is 8.28. The first-order chi connectivity index (χ1) is 7.99. The highest BCUT2D eigenvalue weighted by atomic mass is 35.5. The zero-order valence-corrected chi connectivity index (χ0v) is 9.79. The highest BCUT2D eigenvalue weighted by Crippen LogP contribution is 2.33. The number of rotatable bonds is 2. The van der Waals surface area contributed by atoms with Gasteiger partial charge in [0.15, 0.2) is 0 Å². The molecule has 2 aromatic rings. The topological polar surface area (TPSA) is 108 Å². The number of nitrogens with two attached hydrogens (primary N) is 2. The summed E-state index contributed by atoms with van der Waals surface area (Å²) in [4.78, 5) is 14.6. The number of carbonyl (C=O) groups is 1. The van der Waals surface area contributed by atoms with Gasteiger partial charge in [0.25, 0.3) is 17.6 Å². The molecular weight excluding hydrogens is 267 g/mol. The molecule has 1 aromatic carbocycles.